The molecule has 1 unspecified atom stereocenters. The highest BCUT2D eigenvalue weighted by atomic mass is 32.1. The maximum Gasteiger partial charge on any atom is 0.301 e. The summed E-state index contributed by atoms with van der Waals surface area (Å²) in [5, 5.41) is 11.4. The first kappa shape index (κ1) is 25.0. The number of thiazole rings is 1. The van der Waals surface area contributed by atoms with Crippen LogP contribution in [0.15, 0.2) is 84.7 Å². The van der Waals surface area contributed by atoms with Crippen LogP contribution in [-0.4, -0.2) is 32.5 Å². The van der Waals surface area contributed by atoms with E-state index in [1.54, 1.807) is 43.3 Å². The van der Waals surface area contributed by atoms with E-state index in [1.165, 1.54) is 24.2 Å². The normalized spacial score (nSPS) is 16.6. The van der Waals surface area contributed by atoms with Crippen LogP contribution >= 0.6 is 11.3 Å². The van der Waals surface area contributed by atoms with E-state index in [0.29, 0.717) is 34.1 Å². The van der Waals surface area contributed by atoms with Crippen LogP contribution in [0.2, 0.25) is 0 Å². The second-order valence-corrected chi connectivity index (χ2v) is 9.70. The van der Waals surface area contributed by atoms with Gasteiger partial charge in [-0.1, -0.05) is 53.8 Å². The number of hydrogen-bond acceptors (Lipinski definition) is 8. The van der Waals surface area contributed by atoms with Gasteiger partial charge in [0.15, 0.2) is 10.9 Å². The monoisotopic (exact) mass is 525 g/mol. The number of nitrogens with zero attached hydrogens (tertiary/aromatic N) is 3. The number of benzene rings is 2. The number of aliphatic hydroxyl groups excluding tert-OH is 1. The van der Waals surface area contributed by atoms with Gasteiger partial charge in [0.05, 0.1) is 22.2 Å². The minimum absolute atomic E-state index is 0.0846. The predicted octanol–water partition coefficient (Wildman–Crippen LogP) is 5.25. The molecule has 0 aliphatic carbocycles. The molecule has 1 atom stereocenters. The van der Waals surface area contributed by atoms with E-state index in [4.69, 9.17) is 4.74 Å². The summed E-state index contributed by atoms with van der Waals surface area (Å²) in [5.74, 6) is -1.68. The molecule has 0 bridgehead atoms. The van der Waals surface area contributed by atoms with Gasteiger partial charge in [0.1, 0.15) is 18.1 Å². The van der Waals surface area contributed by atoms with Gasteiger partial charge in [-0.05, 0) is 42.3 Å². The van der Waals surface area contributed by atoms with E-state index in [9.17, 15) is 19.5 Å². The van der Waals surface area contributed by atoms with Gasteiger partial charge in [-0.25, -0.2) is 4.98 Å². The molecular weight excluding hydrogens is 502 g/mol. The Morgan fingerprint density at radius 1 is 1.05 bits per heavy atom. The number of aliphatic hydroxyl groups is 1. The number of carbonyl (C=O) groups is 3. The molecule has 4 aromatic rings. The van der Waals surface area contributed by atoms with E-state index >= 15 is 0 Å². The van der Waals surface area contributed by atoms with E-state index in [2.05, 4.69) is 9.97 Å². The summed E-state index contributed by atoms with van der Waals surface area (Å²) in [6, 6.07) is 18.8. The third kappa shape index (κ3) is 4.71. The highest BCUT2D eigenvalue weighted by molar-refractivity contribution is 7.18. The Morgan fingerprint density at radius 3 is 2.47 bits per heavy atom. The topological polar surface area (TPSA) is 110 Å². The Bertz CT molecular complexity index is 1560. The van der Waals surface area contributed by atoms with Gasteiger partial charge in [0.2, 0.25) is 0 Å². The average Bonchev–Trinajstić information content (AvgIpc) is 3.45. The Balaban J connectivity index is 1.62. The summed E-state index contributed by atoms with van der Waals surface area (Å²) in [7, 11) is 0. The summed E-state index contributed by atoms with van der Waals surface area (Å²) in [4.78, 5) is 48.9. The summed E-state index contributed by atoms with van der Waals surface area (Å²) >= 11 is 1.04. The average molecular weight is 526 g/mol. The smallest absolute Gasteiger partial charge is 0.301 e. The fourth-order valence-corrected chi connectivity index (χ4v) is 5.33. The molecule has 0 spiro atoms. The number of anilines is 1. The summed E-state index contributed by atoms with van der Waals surface area (Å²) in [5.41, 5.74) is 2.25. The van der Waals surface area contributed by atoms with Crippen LogP contribution in [-0.2, 0) is 16.2 Å². The maximum atomic E-state index is 13.4. The molecule has 1 aliphatic heterocycles. The molecule has 0 saturated carbocycles. The van der Waals surface area contributed by atoms with Crippen molar-refractivity contribution in [2.75, 3.05) is 4.90 Å². The fraction of sp³-hybridized carbons (Fsp3) is 0.138. The number of aryl methyl sites for hydroxylation is 1. The molecule has 1 saturated heterocycles. The van der Waals surface area contributed by atoms with E-state index in [-0.39, 0.29) is 22.2 Å². The predicted molar refractivity (Wildman–Crippen MR) is 143 cm³/mol. The molecule has 0 radical (unpaired) electrons. The van der Waals surface area contributed by atoms with Crippen LogP contribution in [0.4, 0.5) is 5.13 Å². The lowest BCUT2D eigenvalue weighted by Crippen LogP contribution is -2.29. The second kappa shape index (κ2) is 10.4. The lowest BCUT2D eigenvalue weighted by atomic mass is 9.95. The minimum atomic E-state index is -0.992. The first-order valence-electron chi connectivity index (χ1n) is 11.8. The molecule has 1 amide bonds. The molecule has 1 N–H and O–H groups in total. The van der Waals surface area contributed by atoms with Crippen molar-refractivity contribution in [3.05, 3.63) is 112 Å². The van der Waals surface area contributed by atoms with Crippen molar-refractivity contribution in [3.63, 3.8) is 0 Å². The van der Waals surface area contributed by atoms with Gasteiger partial charge >= 0.3 is 5.91 Å². The number of pyridine rings is 1. The van der Waals surface area contributed by atoms with Gasteiger partial charge in [-0.15, -0.1) is 0 Å². The Morgan fingerprint density at radius 2 is 1.79 bits per heavy atom. The first-order valence-corrected chi connectivity index (χ1v) is 12.6. The Hall–Kier alpha value is -4.63. The van der Waals surface area contributed by atoms with Crippen LogP contribution in [0.25, 0.3) is 5.76 Å². The minimum Gasteiger partial charge on any atom is -0.507 e. The van der Waals surface area contributed by atoms with Crippen LogP contribution in [0.5, 0.6) is 5.75 Å². The molecule has 5 rings (SSSR count). The van der Waals surface area contributed by atoms with Crippen LogP contribution < -0.4 is 9.64 Å². The molecular formula is C29H23N3O5S. The molecule has 190 valence electrons. The molecule has 3 heterocycles. The highest BCUT2D eigenvalue weighted by Gasteiger charge is 2.48. The molecule has 1 fully saturated rings. The number of aromatic nitrogens is 2. The first-order chi connectivity index (χ1) is 18.3. The van der Waals surface area contributed by atoms with Gasteiger partial charge < -0.3 is 9.84 Å². The van der Waals surface area contributed by atoms with Crippen molar-refractivity contribution in [2.24, 2.45) is 0 Å². The maximum absolute atomic E-state index is 13.4. The van der Waals surface area contributed by atoms with Crippen LogP contribution in [0, 0.1) is 6.92 Å². The van der Waals surface area contributed by atoms with Gasteiger partial charge in [-0.2, -0.15) is 0 Å². The third-order valence-corrected chi connectivity index (χ3v) is 7.39. The van der Waals surface area contributed by atoms with Crippen molar-refractivity contribution in [3.8, 4) is 5.75 Å². The van der Waals surface area contributed by atoms with Gasteiger partial charge in [0, 0.05) is 24.9 Å². The van der Waals surface area contributed by atoms with Crippen molar-refractivity contribution >= 4 is 39.7 Å². The second-order valence-electron chi connectivity index (χ2n) is 8.72. The third-order valence-electron chi connectivity index (χ3n) is 6.13. The summed E-state index contributed by atoms with van der Waals surface area (Å²) in [6.45, 7) is 3.43. The molecule has 2 aromatic heterocycles. The fourth-order valence-electron chi connectivity index (χ4n) is 4.34. The summed E-state index contributed by atoms with van der Waals surface area (Å²) < 4.78 is 5.99. The van der Waals surface area contributed by atoms with Crippen molar-refractivity contribution in [1.29, 1.82) is 0 Å². The number of rotatable bonds is 7. The van der Waals surface area contributed by atoms with E-state index < -0.39 is 17.7 Å². The molecule has 1 aliphatic rings. The zero-order chi connectivity index (χ0) is 26.8. The number of ketones is 2. The standard InChI is InChI=1S/C29H23N3O5S/c1-17-27(18(2)33)38-29(31-17)32-24(23(26(35)28(32)36)25(34)20-11-13-30-14-12-20)21-9-6-10-22(15-21)37-16-19-7-4-3-5-8-19/h3-15,24,34H,16H2,1-2H3. The SMILES string of the molecule is CC(=O)c1sc(N2C(=O)C(=O)C(=C(O)c3ccncc3)C2c2cccc(OCc3ccccc3)c2)nc1C. The Labute approximate surface area is 222 Å². The zero-order valence-electron chi connectivity index (χ0n) is 20.6. The number of carbonyl (C=O) groups excluding carboxylic acids is 3. The van der Waals surface area contributed by atoms with Crippen molar-refractivity contribution in [1.82, 2.24) is 9.97 Å². The number of Topliss-reactive ketones (excluding diaryl/α,β-unsaturated/α-hetero) is 2. The van der Waals surface area contributed by atoms with Crippen LogP contribution in [0.1, 0.15) is 45.0 Å². The lowest BCUT2D eigenvalue weighted by Gasteiger charge is -2.23. The Kier molecular flexibility index (Phi) is 6.85. The zero-order valence-corrected chi connectivity index (χ0v) is 21.4. The van der Waals surface area contributed by atoms with Crippen molar-refractivity contribution < 1.29 is 24.2 Å². The highest BCUT2D eigenvalue weighted by Crippen LogP contribution is 2.44. The largest absolute Gasteiger partial charge is 0.507 e. The number of ether oxygens (including phenoxy) is 1. The van der Waals surface area contributed by atoms with Crippen LogP contribution in [0.3, 0.4) is 0 Å². The summed E-state index contributed by atoms with van der Waals surface area (Å²) in [6.07, 6.45) is 2.98. The van der Waals surface area contributed by atoms with E-state index in [0.717, 1.165) is 16.9 Å². The van der Waals surface area contributed by atoms with E-state index in [1.807, 2.05) is 30.3 Å². The van der Waals surface area contributed by atoms with Gasteiger partial charge in [-0.3, -0.25) is 24.3 Å². The molecule has 2 aromatic carbocycles. The molecule has 9 heteroatoms. The molecule has 38 heavy (non-hydrogen) atoms. The quantitative estimate of drug-likeness (QED) is 0.152. The van der Waals surface area contributed by atoms with Gasteiger partial charge in [0.25, 0.3) is 5.78 Å². The lowest BCUT2D eigenvalue weighted by molar-refractivity contribution is -0.132. The van der Waals surface area contributed by atoms with Crippen molar-refractivity contribution in [2.45, 2.75) is 26.5 Å². The number of hydrogen-bond donors (Lipinski definition) is 1. The molecule has 8 nitrogen and oxygen atoms in total. The number of amides is 1.